The molecule has 11 nitrogen and oxygen atoms in total. The van der Waals surface area contributed by atoms with Crippen LogP contribution < -0.4 is 16.4 Å². The zero-order valence-electron chi connectivity index (χ0n) is 18.6. The molecule has 4 aromatic rings. The van der Waals surface area contributed by atoms with Crippen LogP contribution in [0.15, 0.2) is 29.0 Å². The van der Waals surface area contributed by atoms with E-state index in [1.54, 1.807) is 20.0 Å². The molecule has 0 spiro atoms. The summed E-state index contributed by atoms with van der Waals surface area (Å²) in [5.74, 6) is 0.921. The number of hydrogen-bond acceptors (Lipinski definition) is 9. The summed E-state index contributed by atoms with van der Waals surface area (Å²) in [5, 5.41) is 9.96. The molecular formula is C22H25N9O2. The van der Waals surface area contributed by atoms with E-state index in [0.29, 0.717) is 35.0 Å². The van der Waals surface area contributed by atoms with Gasteiger partial charge in [-0.1, -0.05) is 12.1 Å². The van der Waals surface area contributed by atoms with Crippen LogP contribution in [0.4, 0.5) is 5.82 Å². The molecule has 0 radical (unpaired) electrons. The van der Waals surface area contributed by atoms with Crippen molar-refractivity contribution in [2.24, 2.45) is 0 Å². The van der Waals surface area contributed by atoms with Crippen molar-refractivity contribution in [1.29, 1.82) is 0 Å². The van der Waals surface area contributed by atoms with Crippen LogP contribution in [0.1, 0.15) is 60.2 Å². The normalized spacial score (nSPS) is 15.5. The highest BCUT2D eigenvalue weighted by molar-refractivity contribution is 5.94. The number of nitrogens with two attached hydrogens (primary N) is 1. The van der Waals surface area contributed by atoms with Gasteiger partial charge in [-0.25, -0.2) is 19.9 Å². The van der Waals surface area contributed by atoms with Crippen LogP contribution in [0.3, 0.4) is 0 Å². The van der Waals surface area contributed by atoms with Crippen molar-refractivity contribution in [1.82, 2.24) is 40.7 Å². The smallest absolute Gasteiger partial charge is 0.271 e. The van der Waals surface area contributed by atoms with E-state index in [9.17, 15) is 4.79 Å². The minimum Gasteiger partial charge on any atom is -0.383 e. The van der Waals surface area contributed by atoms with Gasteiger partial charge in [-0.05, 0) is 38.9 Å². The van der Waals surface area contributed by atoms with E-state index in [0.717, 1.165) is 24.1 Å². The lowest BCUT2D eigenvalue weighted by atomic mass is 10.1. The molecule has 1 saturated carbocycles. The van der Waals surface area contributed by atoms with Crippen molar-refractivity contribution < 1.29 is 9.32 Å². The highest BCUT2D eigenvalue weighted by Gasteiger charge is 2.40. The third-order valence-corrected chi connectivity index (χ3v) is 6.06. The van der Waals surface area contributed by atoms with E-state index in [4.69, 9.17) is 15.2 Å². The lowest BCUT2D eigenvalue weighted by Crippen LogP contribution is -2.29. The number of hydrogen-bond donors (Lipinski definition) is 4. The summed E-state index contributed by atoms with van der Waals surface area (Å²) in [7, 11) is 1.76. The maximum absolute atomic E-state index is 12.8. The topological polar surface area (TPSA) is 161 Å². The Labute approximate surface area is 189 Å². The van der Waals surface area contributed by atoms with Gasteiger partial charge in [-0.15, -0.1) is 0 Å². The van der Waals surface area contributed by atoms with Gasteiger partial charge in [0.15, 0.2) is 17.2 Å². The molecule has 11 heteroatoms. The van der Waals surface area contributed by atoms with Crippen molar-refractivity contribution in [3.8, 4) is 11.5 Å². The molecule has 0 aromatic carbocycles. The van der Waals surface area contributed by atoms with Gasteiger partial charge in [0.05, 0.1) is 11.6 Å². The maximum atomic E-state index is 12.8. The number of imidazole rings is 1. The largest absolute Gasteiger partial charge is 0.383 e. The van der Waals surface area contributed by atoms with E-state index in [-0.39, 0.29) is 22.8 Å². The van der Waals surface area contributed by atoms with Gasteiger partial charge in [0.1, 0.15) is 23.5 Å². The molecule has 170 valence electrons. The molecule has 1 aliphatic rings. The SMILES string of the molecule is CNCc1c(N)ncnc1C(=O)NC(C)c1cc(-c2nc3nc(C4(C)CC4)ccc3[nH]2)no1. The predicted octanol–water partition coefficient (Wildman–Crippen LogP) is 2.25. The van der Waals surface area contributed by atoms with Gasteiger partial charge in [0.2, 0.25) is 0 Å². The molecule has 1 unspecified atom stereocenters. The highest BCUT2D eigenvalue weighted by Crippen LogP contribution is 2.46. The summed E-state index contributed by atoms with van der Waals surface area (Å²) in [6.45, 7) is 4.39. The molecule has 4 heterocycles. The maximum Gasteiger partial charge on any atom is 0.271 e. The van der Waals surface area contributed by atoms with Crippen LogP contribution in [0.25, 0.3) is 22.7 Å². The monoisotopic (exact) mass is 447 g/mol. The fourth-order valence-electron chi connectivity index (χ4n) is 3.71. The highest BCUT2D eigenvalue weighted by atomic mass is 16.5. The van der Waals surface area contributed by atoms with Crippen molar-refractivity contribution in [2.45, 2.75) is 44.7 Å². The fourth-order valence-corrected chi connectivity index (χ4v) is 3.71. The third-order valence-electron chi connectivity index (χ3n) is 6.06. The first kappa shape index (κ1) is 21.0. The van der Waals surface area contributed by atoms with E-state index >= 15 is 0 Å². The number of aromatic nitrogens is 6. The van der Waals surface area contributed by atoms with Crippen molar-refractivity contribution in [3.05, 3.63) is 47.2 Å². The van der Waals surface area contributed by atoms with Crippen LogP contribution in [0, 0.1) is 0 Å². The Morgan fingerprint density at radius 1 is 1.30 bits per heavy atom. The second kappa shape index (κ2) is 7.93. The first-order valence-electron chi connectivity index (χ1n) is 10.8. The van der Waals surface area contributed by atoms with Crippen LogP contribution in [-0.2, 0) is 12.0 Å². The summed E-state index contributed by atoms with van der Waals surface area (Å²) >= 11 is 0. The number of pyridine rings is 1. The van der Waals surface area contributed by atoms with Crippen molar-refractivity contribution in [2.75, 3.05) is 12.8 Å². The number of amides is 1. The van der Waals surface area contributed by atoms with E-state index in [2.05, 4.69) is 42.6 Å². The first-order valence-corrected chi connectivity index (χ1v) is 10.8. The lowest BCUT2D eigenvalue weighted by molar-refractivity contribution is 0.0927. The third kappa shape index (κ3) is 3.91. The number of nitrogens with one attached hydrogen (secondary N) is 3. The quantitative estimate of drug-likeness (QED) is 0.333. The number of fused-ring (bicyclic) bond motifs is 1. The molecule has 1 atom stereocenters. The Hall–Kier alpha value is -3.86. The number of nitrogen functional groups attached to an aromatic ring is 1. The average Bonchev–Trinajstić information content (AvgIpc) is 3.21. The molecule has 1 fully saturated rings. The zero-order valence-corrected chi connectivity index (χ0v) is 18.6. The molecule has 33 heavy (non-hydrogen) atoms. The van der Waals surface area contributed by atoms with Crippen LogP contribution in [0.5, 0.6) is 0 Å². The number of aromatic amines is 1. The standard InChI is InChI=1S/C22H25N9O2/c1-11(27-21(32)17-12(9-24-3)18(23)26-10-25-17)15-8-14(31-33-15)20-28-13-4-5-16(22(2)6-7-22)29-19(13)30-20/h4-5,8,10-11,24H,6-7,9H2,1-3H3,(H,27,32)(H2,23,25,26)(H,28,29,30). The number of nitrogens with zero attached hydrogens (tertiary/aromatic N) is 5. The van der Waals surface area contributed by atoms with Gasteiger partial charge in [0.25, 0.3) is 5.91 Å². The second-order valence-corrected chi connectivity index (χ2v) is 8.64. The Balaban J connectivity index is 1.34. The van der Waals surface area contributed by atoms with Crippen molar-refractivity contribution in [3.63, 3.8) is 0 Å². The number of rotatable bonds is 7. The number of carbonyl (C=O) groups is 1. The minimum absolute atomic E-state index is 0.170. The van der Waals surface area contributed by atoms with Gasteiger partial charge in [-0.2, -0.15) is 0 Å². The van der Waals surface area contributed by atoms with Gasteiger partial charge < -0.3 is 25.9 Å². The number of H-pyrrole nitrogens is 1. The molecule has 0 aliphatic heterocycles. The summed E-state index contributed by atoms with van der Waals surface area (Å²) in [5.41, 5.74) is 9.92. The molecule has 5 rings (SSSR count). The Morgan fingerprint density at radius 3 is 2.88 bits per heavy atom. The fraction of sp³-hybridized carbons (Fsp3) is 0.364. The van der Waals surface area contributed by atoms with Gasteiger partial charge >= 0.3 is 0 Å². The summed E-state index contributed by atoms with van der Waals surface area (Å²) < 4.78 is 5.49. The zero-order chi connectivity index (χ0) is 23.2. The Morgan fingerprint density at radius 2 is 2.12 bits per heavy atom. The lowest BCUT2D eigenvalue weighted by Gasteiger charge is -2.13. The summed E-state index contributed by atoms with van der Waals surface area (Å²) in [6, 6.07) is 5.33. The molecular weight excluding hydrogens is 422 g/mol. The Kier molecular flexibility index (Phi) is 5.05. The number of anilines is 1. The van der Waals surface area contributed by atoms with Gasteiger partial charge in [-0.3, -0.25) is 4.79 Å². The van der Waals surface area contributed by atoms with E-state index < -0.39 is 6.04 Å². The van der Waals surface area contributed by atoms with E-state index in [1.807, 2.05) is 12.1 Å². The van der Waals surface area contributed by atoms with Crippen LogP contribution in [0.2, 0.25) is 0 Å². The average molecular weight is 448 g/mol. The van der Waals surface area contributed by atoms with Crippen LogP contribution in [-0.4, -0.2) is 43.0 Å². The van der Waals surface area contributed by atoms with Crippen LogP contribution >= 0.6 is 0 Å². The van der Waals surface area contributed by atoms with Gasteiger partial charge in [0, 0.05) is 29.3 Å². The summed E-state index contributed by atoms with van der Waals surface area (Å²) in [4.78, 5) is 33.4. The first-order chi connectivity index (χ1) is 15.9. The predicted molar refractivity (Wildman–Crippen MR) is 121 cm³/mol. The molecule has 4 aromatic heterocycles. The molecule has 1 amide bonds. The Bertz CT molecular complexity index is 1340. The molecule has 0 saturated heterocycles. The molecule has 0 bridgehead atoms. The molecule has 1 aliphatic carbocycles. The molecule has 5 N–H and O–H groups in total. The number of carbonyl (C=O) groups excluding carboxylic acids is 1. The van der Waals surface area contributed by atoms with Crippen molar-refractivity contribution >= 4 is 22.9 Å². The second-order valence-electron chi connectivity index (χ2n) is 8.64. The van der Waals surface area contributed by atoms with E-state index in [1.165, 1.54) is 6.33 Å². The minimum atomic E-state index is -0.457. The summed E-state index contributed by atoms with van der Waals surface area (Å²) in [6.07, 6.45) is 3.57.